The summed E-state index contributed by atoms with van der Waals surface area (Å²) in [5.41, 5.74) is 2.01. The molecule has 2 aromatic rings. The van der Waals surface area contributed by atoms with E-state index in [1.807, 2.05) is 25.1 Å². The van der Waals surface area contributed by atoms with Crippen molar-refractivity contribution in [2.75, 3.05) is 42.5 Å². The molecule has 1 amide bonds. The van der Waals surface area contributed by atoms with Gasteiger partial charge < -0.3 is 14.9 Å². The van der Waals surface area contributed by atoms with E-state index in [9.17, 15) is 19.6 Å². The van der Waals surface area contributed by atoms with Gasteiger partial charge in [-0.2, -0.15) is 5.26 Å². The number of benzene rings is 1. The highest BCUT2D eigenvalue weighted by molar-refractivity contribution is 8.26. The lowest BCUT2D eigenvalue weighted by atomic mass is 10.0. The molecule has 0 aliphatic carbocycles. The highest BCUT2D eigenvalue weighted by atomic mass is 32.2. The number of aromatic nitrogens is 1. The van der Waals surface area contributed by atoms with Gasteiger partial charge in [0.1, 0.15) is 21.8 Å². The topological polar surface area (TPSA) is 110 Å². The number of carbonyl (C=O) groups is 2. The van der Waals surface area contributed by atoms with Gasteiger partial charge in [0.25, 0.3) is 11.5 Å². The van der Waals surface area contributed by atoms with Crippen molar-refractivity contribution in [2.45, 2.75) is 33.2 Å². The van der Waals surface area contributed by atoms with Crippen molar-refractivity contribution < 1.29 is 14.7 Å². The minimum atomic E-state index is -1.01. The van der Waals surface area contributed by atoms with Crippen molar-refractivity contribution in [3.8, 4) is 6.07 Å². The van der Waals surface area contributed by atoms with Crippen molar-refractivity contribution >= 4 is 57.8 Å². The fourth-order valence-electron chi connectivity index (χ4n) is 4.76. The molecule has 0 saturated carbocycles. The number of thioether (sulfide) groups is 1. The van der Waals surface area contributed by atoms with Crippen LogP contribution in [0.25, 0.3) is 6.08 Å². The number of anilines is 2. The Hall–Kier alpha value is -3.62. The van der Waals surface area contributed by atoms with Crippen LogP contribution in [0, 0.1) is 18.3 Å². The van der Waals surface area contributed by atoms with Crippen LogP contribution in [-0.4, -0.2) is 63.5 Å². The van der Waals surface area contributed by atoms with E-state index in [-0.39, 0.29) is 30.0 Å². The van der Waals surface area contributed by atoms with Crippen molar-refractivity contribution in [1.82, 2.24) is 9.47 Å². The number of pyridine rings is 1. The van der Waals surface area contributed by atoms with Crippen LogP contribution in [0.4, 0.5) is 11.5 Å². The molecule has 4 rings (SSSR count). The first-order valence-electron chi connectivity index (χ1n) is 12.5. The van der Waals surface area contributed by atoms with E-state index in [0.717, 1.165) is 30.5 Å². The minimum absolute atomic E-state index is 0.0105. The number of nitriles is 1. The molecule has 1 aromatic carbocycles. The van der Waals surface area contributed by atoms with Gasteiger partial charge in [-0.3, -0.25) is 23.9 Å². The van der Waals surface area contributed by atoms with Gasteiger partial charge in [-0.15, -0.1) is 0 Å². The van der Waals surface area contributed by atoms with Gasteiger partial charge in [0.15, 0.2) is 0 Å². The summed E-state index contributed by atoms with van der Waals surface area (Å²) < 4.78 is 1.95. The number of para-hydroxylation sites is 1. The number of piperazine rings is 1. The maximum atomic E-state index is 13.4. The highest BCUT2D eigenvalue weighted by Gasteiger charge is 2.34. The van der Waals surface area contributed by atoms with E-state index in [4.69, 9.17) is 17.3 Å². The Morgan fingerprint density at radius 2 is 1.79 bits per heavy atom. The van der Waals surface area contributed by atoms with Crippen molar-refractivity contribution in [2.24, 2.45) is 0 Å². The number of nitrogens with zero attached hydrogens (tertiary/aromatic N) is 5. The lowest BCUT2D eigenvalue weighted by Crippen LogP contribution is -2.48. The molecule has 0 atom stereocenters. The van der Waals surface area contributed by atoms with Crippen molar-refractivity contribution in [1.29, 1.82) is 5.26 Å². The summed E-state index contributed by atoms with van der Waals surface area (Å²) in [6, 6.07) is 12.2. The number of carboxylic acids is 1. The molecule has 2 saturated heterocycles. The van der Waals surface area contributed by atoms with E-state index in [2.05, 4.69) is 28.0 Å². The van der Waals surface area contributed by atoms with Crippen LogP contribution in [0.1, 0.15) is 36.5 Å². The van der Waals surface area contributed by atoms with Crippen LogP contribution >= 0.6 is 24.0 Å². The molecule has 9 nitrogen and oxygen atoms in total. The molecule has 0 spiro atoms. The lowest BCUT2D eigenvalue weighted by molar-refractivity contribution is -0.137. The summed E-state index contributed by atoms with van der Waals surface area (Å²) in [5.74, 6) is -0.690. The predicted molar refractivity (Wildman–Crippen MR) is 153 cm³/mol. The number of carboxylic acid groups (broad SMARTS) is 1. The second-order valence-electron chi connectivity index (χ2n) is 9.09. The SMILES string of the molecule is CCCn1c(N2CCN(c3ccccc3)CC2)c(/C=C2\SC(=S)N(CCC(=O)O)C2=O)c(C)c(C#N)c1=O. The molecule has 1 aromatic heterocycles. The Balaban J connectivity index is 1.77. The maximum absolute atomic E-state index is 13.4. The number of rotatable bonds is 8. The summed E-state index contributed by atoms with van der Waals surface area (Å²) >= 11 is 6.47. The monoisotopic (exact) mass is 551 g/mol. The fraction of sp³-hybridized carbons (Fsp3) is 0.370. The van der Waals surface area contributed by atoms with Crippen LogP contribution in [-0.2, 0) is 16.1 Å². The molecule has 0 bridgehead atoms. The molecule has 2 fully saturated rings. The molecule has 1 N–H and O–H groups in total. The molecule has 2 aliphatic rings. The molecule has 11 heteroatoms. The zero-order valence-electron chi connectivity index (χ0n) is 21.3. The minimum Gasteiger partial charge on any atom is -0.481 e. The van der Waals surface area contributed by atoms with E-state index in [0.29, 0.717) is 52.2 Å². The molecule has 0 radical (unpaired) electrons. The standard InChI is InChI=1S/C27H29N5O4S2/c1-3-10-31-24(30-14-12-29(13-15-30)19-7-5-4-6-8-19)20(18(2)21(17-28)25(31)35)16-22-26(36)32(27(37)38-22)11-9-23(33)34/h4-8,16H,3,9-15H2,1-2H3,(H,33,34)/b22-16-. The summed E-state index contributed by atoms with van der Waals surface area (Å²) in [6.45, 7) is 6.94. The Morgan fingerprint density at radius 3 is 2.39 bits per heavy atom. The van der Waals surface area contributed by atoms with Crippen LogP contribution in [0.3, 0.4) is 0 Å². The van der Waals surface area contributed by atoms with Gasteiger partial charge in [-0.05, 0) is 37.1 Å². The van der Waals surface area contributed by atoms with E-state index < -0.39 is 5.97 Å². The normalized spacial score (nSPS) is 16.9. The van der Waals surface area contributed by atoms with E-state index in [1.165, 1.54) is 4.90 Å². The number of hydrogen-bond donors (Lipinski definition) is 1. The zero-order valence-corrected chi connectivity index (χ0v) is 23.0. The van der Waals surface area contributed by atoms with E-state index >= 15 is 0 Å². The second kappa shape index (κ2) is 11.8. The summed E-state index contributed by atoms with van der Waals surface area (Å²) in [7, 11) is 0. The first-order chi connectivity index (χ1) is 18.3. The van der Waals surface area contributed by atoms with Crippen LogP contribution in [0.5, 0.6) is 0 Å². The molecule has 3 heterocycles. The second-order valence-corrected chi connectivity index (χ2v) is 10.8. The quantitative estimate of drug-likeness (QED) is 0.390. The number of carbonyl (C=O) groups excluding carboxylic acids is 1. The van der Waals surface area contributed by atoms with Crippen LogP contribution in [0.15, 0.2) is 40.0 Å². The number of amides is 1. The third kappa shape index (κ3) is 5.47. The van der Waals surface area contributed by atoms with Crippen LogP contribution in [0.2, 0.25) is 0 Å². The van der Waals surface area contributed by atoms with Gasteiger partial charge in [0.05, 0.1) is 11.3 Å². The molecular formula is C27H29N5O4S2. The lowest BCUT2D eigenvalue weighted by Gasteiger charge is -2.39. The van der Waals surface area contributed by atoms with Crippen molar-refractivity contribution in [3.63, 3.8) is 0 Å². The Labute approximate surface area is 230 Å². The highest BCUT2D eigenvalue weighted by Crippen LogP contribution is 2.36. The zero-order chi connectivity index (χ0) is 27.4. The first kappa shape index (κ1) is 27.4. The molecule has 38 heavy (non-hydrogen) atoms. The third-order valence-electron chi connectivity index (χ3n) is 6.69. The third-order valence-corrected chi connectivity index (χ3v) is 8.07. The number of hydrogen-bond acceptors (Lipinski definition) is 8. The number of aliphatic carboxylic acids is 1. The predicted octanol–water partition coefficient (Wildman–Crippen LogP) is 3.44. The number of thiocarbonyl (C=S) groups is 1. The van der Waals surface area contributed by atoms with Gasteiger partial charge in [0.2, 0.25) is 0 Å². The Bertz CT molecular complexity index is 1390. The molecule has 2 aliphatic heterocycles. The van der Waals surface area contributed by atoms with Gasteiger partial charge in [-0.1, -0.05) is 49.1 Å². The summed E-state index contributed by atoms with van der Waals surface area (Å²) in [5, 5.41) is 18.9. The van der Waals surface area contributed by atoms with Crippen molar-refractivity contribution in [3.05, 3.63) is 62.3 Å². The largest absolute Gasteiger partial charge is 0.481 e. The smallest absolute Gasteiger partial charge is 0.305 e. The van der Waals surface area contributed by atoms with Gasteiger partial charge >= 0.3 is 5.97 Å². The molecule has 198 valence electrons. The van der Waals surface area contributed by atoms with Gasteiger partial charge in [0, 0.05) is 50.5 Å². The maximum Gasteiger partial charge on any atom is 0.305 e. The first-order valence-corrected chi connectivity index (χ1v) is 13.7. The average Bonchev–Trinajstić information content (AvgIpc) is 3.18. The molecule has 0 unspecified atom stereocenters. The summed E-state index contributed by atoms with van der Waals surface area (Å²) in [4.78, 5) is 43.7. The van der Waals surface area contributed by atoms with Crippen LogP contribution < -0.4 is 15.4 Å². The molecular weight excluding hydrogens is 522 g/mol. The Kier molecular flexibility index (Phi) is 8.54. The van der Waals surface area contributed by atoms with E-state index in [1.54, 1.807) is 17.6 Å². The average molecular weight is 552 g/mol. The van der Waals surface area contributed by atoms with Gasteiger partial charge in [-0.25, -0.2) is 0 Å². The summed E-state index contributed by atoms with van der Waals surface area (Å²) in [6.07, 6.45) is 2.19. The fourth-order valence-corrected chi connectivity index (χ4v) is 6.05. The Morgan fingerprint density at radius 1 is 1.13 bits per heavy atom.